The summed E-state index contributed by atoms with van der Waals surface area (Å²) in [6.07, 6.45) is 1.70. The molecule has 272 valence electrons. The van der Waals surface area contributed by atoms with Crippen molar-refractivity contribution in [3.63, 3.8) is 0 Å². The Hall–Kier alpha value is -5.23. The summed E-state index contributed by atoms with van der Waals surface area (Å²) < 4.78 is 35.7. The first-order chi connectivity index (χ1) is 25.0. The van der Waals surface area contributed by atoms with E-state index in [1.807, 2.05) is 6.07 Å². The van der Waals surface area contributed by atoms with E-state index in [9.17, 15) is 24.5 Å². The lowest BCUT2D eigenvalue weighted by molar-refractivity contribution is -0.384. The number of carbonyl (C=O) groups excluding carboxylic acids is 2. The number of non-ortho nitro benzene ring substituents is 1. The molecular formula is C36H34IN3O11S. The zero-order valence-electron chi connectivity index (χ0n) is 28.8. The van der Waals surface area contributed by atoms with Crippen LogP contribution in [0.25, 0.3) is 6.08 Å². The Morgan fingerprint density at radius 1 is 1.02 bits per heavy atom. The minimum absolute atomic E-state index is 0.0391. The predicted octanol–water partition coefficient (Wildman–Crippen LogP) is 4.85. The van der Waals surface area contributed by atoms with Crippen LogP contribution in [0.4, 0.5) is 5.69 Å². The van der Waals surface area contributed by atoms with Crippen LogP contribution in [-0.4, -0.2) is 55.5 Å². The lowest BCUT2D eigenvalue weighted by Crippen LogP contribution is -2.40. The Bertz CT molecular complexity index is 2250. The molecule has 0 spiro atoms. The van der Waals surface area contributed by atoms with Gasteiger partial charge in [-0.05, 0) is 90.4 Å². The summed E-state index contributed by atoms with van der Waals surface area (Å²) >= 11 is 3.26. The SMILES string of the molecule is CCOC(=O)C1=C(C)N=c2s/c(=C\c3cc(I)c(OCc4cccc([N+](=O)[O-])c4)c(OC)c3)c(=O)n2[C@@H]1c1ccc(OCC(=O)OC)c(OCC)c1. The van der Waals surface area contributed by atoms with Crippen LogP contribution in [0.15, 0.2) is 75.7 Å². The molecule has 16 heteroatoms. The minimum atomic E-state index is -0.925. The number of hydrogen-bond acceptors (Lipinski definition) is 13. The van der Waals surface area contributed by atoms with E-state index in [4.69, 9.17) is 23.7 Å². The standard InChI is InChI=1S/C36H34IN3O11S/c1-6-48-27-17-23(11-12-26(27)50-19-30(41)47-5)32-31(35(43)49-7-2)20(3)38-36-39(32)34(42)29(52-36)16-22-14-25(37)33(28(15-22)46-4)51-18-21-9-8-10-24(13-21)40(44)45/h8-17,32H,6-7,18-19H2,1-5H3/b29-16-/t32-/m1/s1. The molecule has 1 aromatic heterocycles. The fraction of sp³-hybridized carbons (Fsp3) is 0.278. The number of hydrogen-bond donors (Lipinski definition) is 0. The van der Waals surface area contributed by atoms with Gasteiger partial charge in [0.25, 0.3) is 11.2 Å². The fourth-order valence-electron chi connectivity index (χ4n) is 5.41. The average Bonchev–Trinajstić information content (AvgIpc) is 3.43. The number of rotatable bonds is 14. The number of benzene rings is 3. The molecule has 0 saturated heterocycles. The first-order valence-electron chi connectivity index (χ1n) is 15.9. The molecule has 3 aromatic carbocycles. The molecule has 0 unspecified atom stereocenters. The molecule has 2 heterocycles. The van der Waals surface area contributed by atoms with Crippen molar-refractivity contribution in [1.29, 1.82) is 0 Å². The maximum absolute atomic E-state index is 14.3. The molecule has 1 atom stereocenters. The molecule has 0 amide bonds. The molecule has 5 rings (SSSR count). The third-order valence-electron chi connectivity index (χ3n) is 7.73. The number of fused-ring (bicyclic) bond motifs is 1. The van der Waals surface area contributed by atoms with Crippen molar-refractivity contribution in [3.8, 4) is 23.0 Å². The maximum atomic E-state index is 14.3. The van der Waals surface area contributed by atoms with Crippen molar-refractivity contribution >= 4 is 57.6 Å². The van der Waals surface area contributed by atoms with Crippen LogP contribution in [0, 0.1) is 13.7 Å². The van der Waals surface area contributed by atoms with Gasteiger partial charge in [-0.1, -0.05) is 29.5 Å². The highest BCUT2D eigenvalue weighted by Gasteiger charge is 2.34. The number of nitro groups is 1. The van der Waals surface area contributed by atoms with E-state index in [1.54, 1.807) is 63.2 Å². The van der Waals surface area contributed by atoms with E-state index in [0.717, 1.165) is 11.3 Å². The lowest BCUT2D eigenvalue weighted by atomic mass is 9.95. The molecule has 0 bridgehead atoms. The van der Waals surface area contributed by atoms with E-state index in [-0.39, 0.29) is 43.4 Å². The molecular weight excluding hydrogens is 809 g/mol. The van der Waals surface area contributed by atoms with E-state index in [0.29, 0.717) is 52.5 Å². The third-order valence-corrected chi connectivity index (χ3v) is 9.51. The molecule has 0 N–H and O–H groups in total. The Morgan fingerprint density at radius 2 is 1.81 bits per heavy atom. The van der Waals surface area contributed by atoms with Gasteiger partial charge in [0, 0.05) is 12.1 Å². The predicted molar refractivity (Wildman–Crippen MR) is 199 cm³/mol. The van der Waals surface area contributed by atoms with Gasteiger partial charge >= 0.3 is 11.9 Å². The summed E-state index contributed by atoms with van der Waals surface area (Å²) in [6.45, 7) is 5.29. The second-order valence-electron chi connectivity index (χ2n) is 11.1. The highest BCUT2D eigenvalue weighted by molar-refractivity contribution is 14.1. The van der Waals surface area contributed by atoms with Crippen molar-refractivity contribution in [2.45, 2.75) is 33.4 Å². The molecule has 14 nitrogen and oxygen atoms in total. The number of halogens is 1. The van der Waals surface area contributed by atoms with Crippen LogP contribution in [0.5, 0.6) is 23.0 Å². The largest absolute Gasteiger partial charge is 0.493 e. The molecule has 0 fully saturated rings. The Balaban J connectivity index is 1.57. The number of allylic oxidation sites excluding steroid dienone is 1. The highest BCUT2D eigenvalue weighted by Crippen LogP contribution is 2.37. The average molecular weight is 844 g/mol. The van der Waals surface area contributed by atoms with E-state index in [1.165, 1.54) is 30.9 Å². The van der Waals surface area contributed by atoms with Crippen LogP contribution in [0.3, 0.4) is 0 Å². The normalized spacial score (nSPS) is 13.9. The van der Waals surface area contributed by atoms with Crippen molar-refractivity contribution in [3.05, 3.63) is 116 Å². The first kappa shape index (κ1) is 38.0. The Kier molecular flexibility index (Phi) is 12.3. The van der Waals surface area contributed by atoms with E-state index in [2.05, 4.69) is 32.3 Å². The number of thiazole rings is 1. The maximum Gasteiger partial charge on any atom is 0.343 e. The summed E-state index contributed by atoms with van der Waals surface area (Å²) in [7, 11) is 2.75. The highest BCUT2D eigenvalue weighted by atomic mass is 127. The summed E-state index contributed by atoms with van der Waals surface area (Å²) in [5.74, 6) is 0.227. The van der Waals surface area contributed by atoms with Crippen LogP contribution in [0.2, 0.25) is 0 Å². The fourth-order valence-corrected chi connectivity index (χ4v) is 7.24. The van der Waals surface area contributed by atoms with Gasteiger partial charge in [0.1, 0.15) is 6.61 Å². The van der Waals surface area contributed by atoms with Gasteiger partial charge in [0.2, 0.25) is 0 Å². The summed E-state index contributed by atoms with van der Waals surface area (Å²) in [4.78, 5) is 55.2. The molecule has 0 saturated carbocycles. The zero-order chi connectivity index (χ0) is 37.5. The van der Waals surface area contributed by atoms with Crippen LogP contribution in [0.1, 0.15) is 43.5 Å². The molecule has 0 aliphatic carbocycles. The van der Waals surface area contributed by atoms with Gasteiger partial charge in [0.05, 0.1) is 57.8 Å². The number of aromatic nitrogens is 1. The van der Waals surface area contributed by atoms with E-state index < -0.39 is 28.5 Å². The summed E-state index contributed by atoms with van der Waals surface area (Å²) in [5.41, 5.74) is 1.92. The number of methoxy groups -OCH3 is 2. The zero-order valence-corrected chi connectivity index (χ0v) is 31.8. The van der Waals surface area contributed by atoms with Gasteiger partial charge in [-0.2, -0.15) is 0 Å². The number of carbonyl (C=O) groups is 2. The summed E-state index contributed by atoms with van der Waals surface area (Å²) in [5, 5.41) is 11.2. The minimum Gasteiger partial charge on any atom is -0.493 e. The smallest absolute Gasteiger partial charge is 0.343 e. The quantitative estimate of drug-likeness (QED) is 0.0737. The first-order valence-corrected chi connectivity index (χ1v) is 17.8. The van der Waals surface area contributed by atoms with Crippen molar-refractivity contribution in [2.75, 3.05) is 34.0 Å². The van der Waals surface area contributed by atoms with E-state index >= 15 is 0 Å². The Labute approximate surface area is 315 Å². The molecule has 1 aliphatic heterocycles. The number of esters is 2. The van der Waals surface area contributed by atoms with Gasteiger partial charge in [0.15, 0.2) is 34.4 Å². The number of nitro benzene ring substituents is 1. The third kappa shape index (κ3) is 8.28. The van der Waals surface area contributed by atoms with Gasteiger partial charge in [-0.3, -0.25) is 19.5 Å². The molecule has 4 aromatic rings. The van der Waals surface area contributed by atoms with Crippen molar-refractivity contribution in [2.24, 2.45) is 4.99 Å². The summed E-state index contributed by atoms with van der Waals surface area (Å²) in [6, 6.07) is 13.7. The van der Waals surface area contributed by atoms with Gasteiger partial charge in [-0.25, -0.2) is 14.6 Å². The Morgan fingerprint density at radius 3 is 2.50 bits per heavy atom. The monoisotopic (exact) mass is 843 g/mol. The van der Waals surface area contributed by atoms with Gasteiger partial charge < -0.3 is 28.4 Å². The number of ether oxygens (including phenoxy) is 6. The number of nitrogens with zero attached hydrogens (tertiary/aromatic N) is 3. The molecule has 0 radical (unpaired) electrons. The molecule has 1 aliphatic rings. The van der Waals surface area contributed by atoms with Gasteiger partial charge in [-0.15, -0.1) is 0 Å². The second kappa shape index (κ2) is 16.9. The molecule has 52 heavy (non-hydrogen) atoms. The van der Waals surface area contributed by atoms with Crippen LogP contribution < -0.4 is 33.8 Å². The lowest BCUT2D eigenvalue weighted by Gasteiger charge is -2.25. The van der Waals surface area contributed by atoms with Crippen molar-refractivity contribution in [1.82, 2.24) is 4.57 Å². The van der Waals surface area contributed by atoms with Crippen molar-refractivity contribution < 1.29 is 42.9 Å². The van der Waals surface area contributed by atoms with Crippen LogP contribution >= 0.6 is 33.9 Å². The topological polar surface area (TPSA) is 167 Å². The second-order valence-corrected chi connectivity index (χ2v) is 13.2. The van der Waals surface area contributed by atoms with Crippen LogP contribution in [-0.2, 0) is 25.7 Å².